The molecule has 0 radical (unpaired) electrons. The van der Waals surface area contributed by atoms with Gasteiger partial charge < -0.3 is 28.6 Å². The second kappa shape index (κ2) is 35.5. The number of carbonyl (C=O) groups is 3. The largest absolute Gasteiger partial charge is 0.544 e. The maximum absolute atomic E-state index is 12.7. The van der Waals surface area contributed by atoms with Crippen molar-refractivity contribution in [2.45, 2.75) is 142 Å². The predicted octanol–water partition coefficient (Wildman–Crippen LogP) is 9.24. The first-order valence-corrected chi connectivity index (χ1v) is 20.1. The van der Waals surface area contributed by atoms with Crippen molar-refractivity contribution in [2.24, 2.45) is 0 Å². The average Bonchev–Trinajstić information content (AvgIpc) is 3.11. The molecular formula is C45H73NO7. The van der Waals surface area contributed by atoms with E-state index < -0.39 is 18.1 Å². The van der Waals surface area contributed by atoms with E-state index in [2.05, 4.69) is 86.8 Å². The van der Waals surface area contributed by atoms with E-state index in [-0.39, 0.29) is 49.1 Å². The van der Waals surface area contributed by atoms with E-state index in [1.54, 1.807) is 21.1 Å². The van der Waals surface area contributed by atoms with Crippen LogP contribution in [0, 0.1) is 0 Å². The number of allylic oxidation sites excluding steroid dienone is 14. The van der Waals surface area contributed by atoms with Gasteiger partial charge in [-0.25, -0.2) is 0 Å². The Bertz CT molecular complexity index is 1140. The second-order valence-electron chi connectivity index (χ2n) is 14.2. The third kappa shape index (κ3) is 34.1. The normalized spacial score (nSPS) is 13.9. The van der Waals surface area contributed by atoms with Gasteiger partial charge in [-0.05, 0) is 70.6 Å². The fraction of sp³-hybridized carbons (Fsp3) is 0.622. The molecule has 300 valence electrons. The van der Waals surface area contributed by atoms with Gasteiger partial charge in [0.15, 0.2) is 6.10 Å². The van der Waals surface area contributed by atoms with Crippen LogP contribution in [-0.2, 0) is 28.6 Å². The first-order valence-electron chi connectivity index (χ1n) is 20.1. The zero-order valence-electron chi connectivity index (χ0n) is 33.9. The van der Waals surface area contributed by atoms with E-state index in [1.165, 1.54) is 0 Å². The molecule has 0 aliphatic carbocycles. The zero-order valence-corrected chi connectivity index (χ0v) is 33.9. The summed E-state index contributed by atoms with van der Waals surface area (Å²) in [5.74, 6) is -1.82. The summed E-state index contributed by atoms with van der Waals surface area (Å²) in [4.78, 5) is 36.7. The highest BCUT2D eigenvalue weighted by molar-refractivity contribution is 5.70. The van der Waals surface area contributed by atoms with Gasteiger partial charge >= 0.3 is 11.9 Å². The number of ether oxygens (including phenoxy) is 3. The van der Waals surface area contributed by atoms with Crippen LogP contribution >= 0.6 is 0 Å². The molecule has 0 aliphatic heterocycles. The van der Waals surface area contributed by atoms with E-state index >= 15 is 0 Å². The van der Waals surface area contributed by atoms with E-state index in [0.29, 0.717) is 6.42 Å². The number of rotatable bonds is 34. The number of likely N-dealkylation sites (N-methyl/N-ethyl adjacent to an activating group) is 1. The van der Waals surface area contributed by atoms with Crippen LogP contribution in [0.2, 0.25) is 0 Å². The van der Waals surface area contributed by atoms with Crippen molar-refractivity contribution in [3.63, 3.8) is 0 Å². The van der Waals surface area contributed by atoms with Gasteiger partial charge in [0.05, 0.1) is 40.3 Å². The maximum Gasteiger partial charge on any atom is 0.306 e. The molecule has 0 rings (SSSR count). The molecule has 0 N–H and O–H groups in total. The van der Waals surface area contributed by atoms with Gasteiger partial charge in [-0.3, -0.25) is 9.59 Å². The fourth-order valence-electron chi connectivity index (χ4n) is 5.24. The Hall–Kier alpha value is -3.49. The van der Waals surface area contributed by atoms with Crippen LogP contribution in [0.1, 0.15) is 129 Å². The summed E-state index contributed by atoms with van der Waals surface area (Å²) in [6.07, 6.45) is 44.7. The van der Waals surface area contributed by atoms with E-state index in [4.69, 9.17) is 14.2 Å². The standard InChI is InChI=1S/C45H73NO7/c1-6-8-10-12-14-16-18-20-21-22-24-25-27-29-31-33-35-43(47)52-40-41(39-51-38-37-42(45(49)50)46(3,4)5)53-44(48)36-34-32-30-28-26-23-19-17-15-13-11-9-7-2/h8-11,13-17,19-21,24-25,41-42H,6-7,12,18,22-23,26-40H2,1-5H3/b10-8+,11-9+,15-13+,16-14+,19-17+,21-20+,25-24+. The molecule has 0 fully saturated rings. The van der Waals surface area contributed by atoms with Crippen LogP contribution in [0.4, 0.5) is 0 Å². The molecule has 0 saturated carbocycles. The van der Waals surface area contributed by atoms with Crippen LogP contribution in [0.15, 0.2) is 85.1 Å². The summed E-state index contributed by atoms with van der Waals surface area (Å²) < 4.78 is 17.1. The number of hydrogen-bond acceptors (Lipinski definition) is 7. The topological polar surface area (TPSA) is 102 Å². The third-order valence-electron chi connectivity index (χ3n) is 8.34. The molecule has 8 heteroatoms. The van der Waals surface area contributed by atoms with Gasteiger partial charge in [-0.1, -0.05) is 125 Å². The third-order valence-corrected chi connectivity index (χ3v) is 8.34. The van der Waals surface area contributed by atoms with Crippen molar-refractivity contribution < 1.29 is 38.2 Å². The number of esters is 2. The van der Waals surface area contributed by atoms with Crippen molar-refractivity contribution in [1.82, 2.24) is 0 Å². The van der Waals surface area contributed by atoms with E-state index in [9.17, 15) is 19.5 Å². The summed E-state index contributed by atoms with van der Waals surface area (Å²) >= 11 is 0. The van der Waals surface area contributed by atoms with Gasteiger partial charge in [-0.2, -0.15) is 0 Å². The molecule has 2 unspecified atom stereocenters. The van der Waals surface area contributed by atoms with Gasteiger partial charge in [0.2, 0.25) is 0 Å². The van der Waals surface area contributed by atoms with E-state index in [1.807, 2.05) is 12.2 Å². The van der Waals surface area contributed by atoms with Crippen LogP contribution in [0.3, 0.4) is 0 Å². The highest BCUT2D eigenvalue weighted by Crippen LogP contribution is 2.12. The number of unbranched alkanes of at least 4 members (excludes halogenated alkanes) is 8. The number of nitrogens with zero attached hydrogens (tertiary/aromatic N) is 1. The predicted molar refractivity (Wildman–Crippen MR) is 217 cm³/mol. The molecule has 0 spiro atoms. The summed E-state index contributed by atoms with van der Waals surface area (Å²) in [7, 11) is 5.37. The summed E-state index contributed by atoms with van der Waals surface area (Å²) in [6.45, 7) is 4.32. The number of carboxylic acids is 1. The second-order valence-corrected chi connectivity index (χ2v) is 14.2. The Kier molecular flexibility index (Phi) is 33.2. The average molecular weight is 740 g/mol. The molecule has 0 bridgehead atoms. The van der Waals surface area contributed by atoms with Gasteiger partial charge in [0.25, 0.3) is 0 Å². The van der Waals surface area contributed by atoms with Crippen molar-refractivity contribution in [3.05, 3.63) is 85.1 Å². The lowest BCUT2D eigenvalue weighted by atomic mass is 10.1. The highest BCUT2D eigenvalue weighted by Gasteiger charge is 2.25. The van der Waals surface area contributed by atoms with E-state index in [0.717, 1.165) is 96.3 Å². The molecule has 0 amide bonds. The minimum atomic E-state index is -1.14. The Morgan fingerprint density at radius 3 is 1.70 bits per heavy atom. The SMILES string of the molecule is CC/C=C/C=C/C=C/CCCCCCCC(=O)OC(COCCC(C(=O)[O-])[N+](C)(C)C)COC(=O)CCCCC/C=C/C/C=C/C/C=C/C/C=C/CC. The van der Waals surface area contributed by atoms with Crippen molar-refractivity contribution >= 4 is 17.9 Å². The fourth-order valence-corrected chi connectivity index (χ4v) is 5.24. The minimum absolute atomic E-state index is 0.0163. The number of aliphatic carboxylic acids is 1. The molecular weight excluding hydrogens is 666 g/mol. The first-order chi connectivity index (χ1) is 25.6. The van der Waals surface area contributed by atoms with Crippen LogP contribution < -0.4 is 5.11 Å². The molecule has 0 aromatic carbocycles. The van der Waals surface area contributed by atoms with Crippen molar-refractivity contribution in [3.8, 4) is 0 Å². The number of carboxylic acid groups (broad SMARTS) is 1. The van der Waals surface area contributed by atoms with Gasteiger partial charge in [0.1, 0.15) is 12.6 Å². The highest BCUT2D eigenvalue weighted by atomic mass is 16.6. The number of hydrogen-bond donors (Lipinski definition) is 0. The lowest BCUT2D eigenvalue weighted by Crippen LogP contribution is -2.55. The summed E-state index contributed by atoms with van der Waals surface area (Å²) in [5, 5.41) is 11.6. The van der Waals surface area contributed by atoms with Crippen LogP contribution in [0.5, 0.6) is 0 Å². The Morgan fingerprint density at radius 2 is 1.09 bits per heavy atom. The number of quaternary nitrogens is 1. The minimum Gasteiger partial charge on any atom is -0.544 e. The Balaban J connectivity index is 4.50. The molecule has 0 heterocycles. The molecule has 2 atom stereocenters. The lowest BCUT2D eigenvalue weighted by molar-refractivity contribution is -0.889. The Labute approximate surface area is 323 Å². The van der Waals surface area contributed by atoms with Crippen LogP contribution in [-0.4, -0.2) is 75.5 Å². The summed E-state index contributed by atoms with van der Waals surface area (Å²) in [6, 6.07) is -0.738. The maximum atomic E-state index is 12.7. The van der Waals surface area contributed by atoms with Gasteiger partial charge in [-0.15, -0.1) is 0 Å². The smallest absolute Gasteiger partial charge is 0.306 e. The first kappa shape index (κ1) is 49.5. The molecule has 0 saturated heterocycles. The molecule has 0 aromatic heterocycles. The molecule has 53 heavy (non-hydrogen) atoms. The van der Waals surface area contributed by atoms with Crippen molar-refractivity contribution in [1.29, 1.82) is 0 Å². The number of carbonyl (C=O) groups excluding carboxylic acids is 3. The molecule has 0 aliphatic rings. The lowest BCUT2D eigenvalue weighted by Gasteiger charge is -2.34. The molecule has 0 aromatic rings. The zero-order chi connectivity index (χ0) is 39.3. The monoisotopic (exact) mass is 740 g/mol. The van der Waals surface area contributed by atoms with Gasteiger partial charge in [0, 0.05) is 19.3 Å². The summed E-state index contributed by atoms with van der Waals surface area (Å²) in [5.41, 5.74) is 0. The van der Waals surface area contributed by atoms with Crippen molar-refractivity contribution in [2.75, 3.05) is 41.0 Å². The quantitative estimate of drug-likeness (QED) is 0.0213. The Morgan fingerprint density at radius 1 is 0.585 bits per heavy atom. The van der Waals surface area contributed by atoms with Crippen LogP contribution in [0.25, 0.3) is 0 Å². The molecule has 8 nitrogen and oxygen atoms in total.